The Balaban J connectivity index is 1.39. The summed E-state index contributed by atoms with van der Waals surface area (Å²) in [6, 6.07) is 14.2. The predicted molar refractivity (Wildman–Crippen MR) is 123 cm³/mol. The molecule has 158 valence electrons. The van der Waals surface area contributed by atoms with Crippen LogP contribution >= 0.6 is 23.1 Å². The number of carbonyl (C=O) groups excluding carboxylic acids is 1. The Morgan fingerprint density at radius 1 is 1.10 bits per heavy atom. The lowest BCUT2D eigenvalue weighted by Crippen LogP contribution is -2.14. The molecule has 1 amide bonds. The van der Waals surface area contributed by atoms with Crippen molar-refractivity contribution in [3.63, 3.8) is 0 Å². The molecule has 0 saturated carbocycles. The van der Waals surface area contributed by atoms with Crippen molar-refractivity contribution in [1.29, 1.82) is 0 Å². The van der Waals surface area contributed by atoms with Crippen molar-refractivity contribution in [2.24, 2.45) is 0 Å². The lowest BCUT2D eigenvalue weighted by Gasteiger charge is -2.07. The highest BCUT2D eigenvalue weighted by molar-refractivity contribution is 7.99. The number of thioether (sulfide) groups is 1. The molecule has 4 rings (SSSR count). The first kappa shape index (κ1) is 21.2. The van der Waals surface area contributed by atoms with E-state index in [0.29, 0.717) is 22.7 Å². The zero-order valence-electron chi connectivity index (χ0n) is 17.0. The van der Waals surface area contributed by atoms with Crippen LogP contribution < -0.4 is 5.32 Å². The van der Waals surface area contributed by atoms with Crippen molar-refractivity contribution >= 4 is 34.1 Å². The zero-order valence-corrected chi connectivity index (χ0v) is 18.6. The highest BCUT2D eigenvalue weighted by Crippen LogP contribution is 2.27. The van der Waals surface area contributed by atoms with Crippen molar-refractivity contribution in [1.82, 2.24) is 19.7 Å². The molecule has 0 radical (unpaired) electrons. The van der Waals surface area contributed by atoms with Gasteiger partial charge in [-0.2, -0.15) is 0 Å². The summed E-state index contributed by atoms with van der Waals surface area (Å²) in [4.78, 5) is 16.9. The lowest BCUT2D eigenvalue weighted by atomic mass is 10.1. The number of hydrogen-bond donors (Lipinski definition) is 1. The summed E-state index contributed by atoms with van der Waals surface area (Å²) >= 11 is 2.70. The number of amides is 1. The van der Waals surface area contributed by atoms with Crippen molar-refractivity contribution in [3.05, 3.63) is 65.3 Å². The first-order valence-corrected chi connectivity index (χ1v) is 11.5. The van der Waals surface area contributed by atoms with Gasteiger partial charge in [0.1, 0.15) is 5.82 Å². The van der Waals surface area contributed by atoms with E-state index in [9.17, 15) is 9.18 Å². The standard InChI is InChI=1S/C22H20FN5OS2/c1-3-28-20(16-8-10-17(23)11-9-16)26-27-22(28)31-13-19(29)25-21-24-18(12-30-21)15-6-4-14(2)5-7-15/h4-12H,3,13H2,1-2H3,(H,24,25,29). The van der Waals surface area contributed by atoms with Gasteiger partial charge in [0, 0.05) is 23.1 Å². The van der Waals surface area contributed by atoms with Crippen molar-refractivity contribution in [2.75, 3.05) is 11.1 Å². The van der Waals surface area contributed by atoms with Gasteiger partial charge in [-0.1, -0.05) is 41.6 Å². The average Bonchev–Trinajstić information content (AvgIpc) is 3.40. The highest BCUT2D eigenvalue weighted by atomic mass is 32.2. The number of aryl methyl sites for hydroxylation is 1. The third kappa shape index (κ3) is 5.00. The number of aromatic nitrogens is 4. The van der Waals surface area contributed by atoms with Crippen LogP contribution in [0, 0.1) is 12.7 Å². The minimum absolute atomic E-state index is 0.163. The van der Waals surface area contributed by atoms with Gasteiger partial charge in [0.15, 0.2) is 16.1 Å². The van der Waals surface area contributed by atoms with E-state index in [2.05, 4.69) is 20.5 Å². The third-order valence-corrected chi connectivity index (χ3v) is 6.29. The fourth-order valence-corrected chi connectivity index (χ4v) is 4.50. The molecule has 0 bridgehead atoms. The maximum atomic E-state index is 13.2. The minimum atomic E-state index is -0.301. The molecule has 0 spiro atoms. The third-order valence-electron chi connectivity index (χ3n) is 4.57. The van der Waals surface area contributed by atoms with E-state index < -0.39 is 0 Å². The summed E-state index contributed by atoms with van der Waals surface area (Å²) in [5.74, 6) is 0.364. The van der Waals surface area contributed by atoms with E-state index in [1.807, 2.05) is 48.1 Å². The Morgan fingerprint density at radius 3 is 2.52 bits per heavy atom. The van der Waals surface area contributed by atoms with Crippen LogP contribution in [-0.2, 0) is 11.3 Å². The van der Waals surface area contributed by atoms with Gasteiger partial charge in [0.2, 0.25) is 5.91 Å². The fraction of sp³-hybridized carbons (Fsp3) is 0.182. The lowest BCUT2D eigenvalue weighted by molar-refractivity contribution is -0.113. The molecular formula is C22H20FN5OS2. The number of benzene rings is 2. The normalized spacial score (nSPS) is 10.9. The molecule has 2 aromatic carbocycles. The molecule has 9 heteroatoms. The molecule has 1 N–H and O–H groups in total. The molecule has 0 fully saturated rings. The number of nitrogens with zero attached hydrogens (tertiary/aromatic N) is 4. The smallest absolute Gasteiger partial charge is 0.236 e. The second-order valence-electron chi connectivity index (χ2n) is 6.80. The Hall–Kier alpha value is -3.04. The molecule has 31 heavy (non-hydrogen) atoms. The SMILES string of the molecule is CCn1c(SCC(=O)Nc2nc(-c3ccc(C)cc3)cs2)nnc1-c1ccc(F)cc1. The summed E-state index contributed by atoms with van der Waals surface area (Å²) in [5, 5.41) is 14.4. The molecule has 2 heterocycles. The second kappa shape index (κ2) is 9.40. The molecule has 4 aromatic rings. The summed E-state index contributed by atoms with van der Waals surface area (Å²) < 4.78 is 15.1. The van der Waals surface area contributed by atoms with Crippen LogP contribution in [-0.4, -0.2) is 31.4 Å². The maximum absolute atomic E-state index is 13.2. The molecule has 0 saturated heterocycles. The number of hydrogen-bond acceptors (Lipinski definition) is 6. The number of nitrogens with one attached hydrogen (secondary N) is 1. The van der Waals surface area contributed by atoms with Crippen molar-refractivity contribution < 1.29 is 9.18 Å². The van der Waals surface area contributed by atoms with Gasteiger partial charge >= 0.3 is 0 Å². The predicted octanol–water partition coefficient (Wildman–Crippen LogP) is 5.27. The first-order valence-electron chi connectivity index (χ1n) is 9.68. The molecule has 0 aliphatic carbocycles. The fourth-order valence-electron chi connectivity index (χ4n) is 2.97. The van der Waals surface area contributed by atoms with Gasteiger partial charge in [0.05, 0.1) is 11.4 Å². The van der Waals surface area contributed by atoms with E-state index in [0.717, 1.165) is 16.8 Å². The topological polar surface area (TPSA) is 72.7 Å². The number of halogens is 1. The minimum Gasteiger partial charge on any atom is -0.302 e. The largest absolute Gasteiger partial charge is 0.302 e. The maximum Gasteiger partial charge on any atom is 0.236 e. The van der Waals surface area contributed by atoms with E-state index >= 15 is 0 Å². The van der Waals surface area contributed by atoms with Gasteiger partial charge in [-0.25, -0.2) is 9.37 Å². The van der Waals surface area contributed by atoms with Crippen LogP contribution in [0.2, 0.25) is 0 Å². The zero-order chi connectivity index (χ0) is 21.8. The Labute approximate surface area is 187 Å². The summed E-state index contributed by atoms with van der Waals surface area (Å²) in [6.45, 7) is 4.65. The van der Waals surface area contributed by atoms with Gasteiger partial charge in [-0.05, 0) is 38.1 Å². The molecule has 0 atom stereocenters. The van der Waals surface area contributed by atoms with Crippen LogP contribution in [0.5, 0.6) is 0 Å². The second-order valence-corrected chi connectivity index (χ2v) is 8.60. The molecule has 6 nitrogen and oxygen atoms in total. The van der Waals surface area contributed by atoms with Crippen LogP contribution in [0.25, 0.3) is 22.6 Å². The quantitative estimate of drug-likeness (QED) is 0.386. The van der Waals surface area contributed by atoms with Crippen LogP contribution in [0.1, 0.15) is 12.5 Å². The highest BCUT2D eigenvalue weighted by Gasteiger charge is 2.15. The number of rotatable bonds is 7. The van der Waals surface area contributed by atoms with Gasteiger partial charge in [0.25, 0.3) is 0 Å². The van der Waals surface area contributed by atoms with Gasteiger partial charge in [-0.15, -0.1) is 21.5 Å². The van der Waals surface area contributed by atoms with Gasteiger partial charge < -0.3 is 9.88 Å². The Kier molecular flexibility index (Phi) is 6.43. The number of thiazole rings is 1. The molecule has 0 aliphatic rings. The van der Waals surface area contributed by atoms with Crippen molar-refractivity contribution in [3.8, 4) is 22.6 Å². The first-order chi connectivity index (χ1) is 15.0. The van der Waals surface area contributed by atoms with Gasteiger partial charge in [-0.3, -0.25) is 4.79 Å². The Bertz CT molecular complexity index is 1190. The molecule has 0 aliphatic heterocycles. The monoisotopic (exact) mass is 453 g/mol. The molecule has 0 unspecified atom stereocenters. The van der Waals surface area contributed by atoms with E-state index in [1.165, 1.54) is 40.8 Å². The number of anilines is 1. The van der Waals surface area contributed by atoms with E-state index in [-0.39, 0.29) is 17.5 Å². The van der Waals surface area contributed by atoms with Crippen LogP contribution in [0.4, 0.5) is 9.52 Å². The van der Waals surface area contributed by atoms with E-state index in [4.69, 9.17) is 0 Å². The summed E-state index contributed by atoms with van der Waals surface area (Å²) in [7, 11) is 0. The van der Waals surface area contributed by atoms with Crippen LogP contribution in [0.3, 0.4) is 0 Å². The average molecular weight is 454 g/mol. The molecule has 2 aromatic heterocycles. The van der Waals surface area contributed by atoms with E-state index in [1.54, 1.807) is 12.1 Å². The molecular weight excluding hydrogens is 433 g/mol. The van der Waals surface area contributed by atoms with Crippen molar-refractivity contribution in [2.45, 2.75) is 25.5 Å². The number of carbonyl (C=O) groups is 1. The summed E-state index contributed by atoms with van der Waals surface area (Å²) in [6.07, 6.45) is 0. The van der Waals surface area contributed by atoms with Crippen LogP contribution in [0.15, 0.2) is 59.1 Å². The summed E-state index contributed by atoms with van der Waals surface area (Å²) in [5.41, 5.74) is 3.81. The Morgan fingerprint density at radius 2 is 1.81 bits per heavy atom.